The minimum absolute atomic E-state index is 0.00410. The minimum atomic E-state index is -0.172. The third-order valence-electron chi connectivity index (χ3n) is 5.20. The number of likely N-dealkylation sites (N-methyl/N-ethyl adjacent to an activating group) is 1. The van der Waals surface area contributed by atoms with Gasteiger partial charge in [-0.2, -0.15) is 5.10 Å². The molecule has 0 amide bonds. The van der Waals surface area contributed by atoms with Crippen LogP contribution < -0.4 is 16.2 Å². The van der Waals surface area contributed by atoms with Crippen LogP contribution in [0.4, 0.5) is 5.95 Å². The van der Waals surface area contributed by atoms with Gasteiger partial charge in [0.2, 0.25) is 5.95 Å². The summed E-state index contributed by atoms with van der Waals surface area (Å²) in [5, 5.41) is 6.52. The van der Waals surface area contributed by atoms with E-state index < -0.39 is 0 Å². The summed E-state index contributed by atoms with van der Waals surface area (Å²) < 4.78 is 3.40. The van der Waals surface area contributed by atoms with Crippen molar-refractivity contribution in [2.75, 3.05) is 18.5 Å². The number of aromatic nitrogens is 5. The zero-order valence-corrected chi connectivity index (χ0v) is 17.8. The highest BCUT2D eigenvalue weighted by molar-refractivity contribution is 5.85. The van der Waals surface area contributed by atoms with Crippen LogP contribution in [0.25, 0.3) is 21.8 Å². The van der Waals surface area contributed by atoms with E-state index in [4.69, 9.17) is 5.73 Å². The van der Waals surface area contributed by atoms with Crippen LogP contribution >= 0.6 is 0 Å². The largest absolute Gasteiger partial charge is 0.344 e. The molecule has 0 aliphatic carbocycles. The zero-order valence-electron chi connectivity index (χ0n) is 17.8. The third kappa shape index (κ3) is 3.54. The van der Waals surface area contributed by atoms with Crippen LogP contribution in [0.1, 0.15) is 25.2 Å². The number of pyridine rings is 1. The maximum absolute atomic E-state index is 13.4. The van der Waals surface area contributed by atoms with Crippen molar-refractivity contribution >= 4 is 27.8 Å². The van der Waals surface area contributed by atoms with Crippen molar-refractivity contribution in [1.29, 1.82) is 0 Å². The SMILES string of the molecule is CCn1c(N(C)CC(C)N)nc2cnn(Cc3nc(C)cc4ccccc34)c(=O)c21. The fraction of sp³-hybridized carbons (Fsp3) is 0.364. The van der Waals surface area contributed by atoms with Gasteiger partial charge in [0, 0.05) is 37.3 Å². The number of nitrogens with zero attached hydrogens (tertiary/aromatic N) is 6. The Balaban J connectivity index is 1.82. The number of anilines is 1. The van der Waals surface area contributed by atoms with Gasteiger partial charge in [0.15, 0.2) is 0 Å². The summed E-state index contributed by atoms with van der Waals surface area (Å²) in [5.41, 5.74) is 8.66. The maximum atomic E-state index is 13.4. The molecular formula is C22H27N7O. The van der Waals surface area contributed by atoms with Crippen LogP contribution in [-0.2, 0) is 13.1 Å². The molecule has 3 heterocycles. The number of fused-ring (bicyclic) bond motifs is 2. The monoisotopic (exact) mass is 405 g/mol. The quantitative estimate of drug-likeness (QED) is 0.529. The molecule has 1 aromatic carbocycles. The summed E-state index contributed by atoms with van der Waals surface area (Å²) in [5.74, 6) is 0.723. The van der Waals surface area contributed by atoms with Crippen molar-refractivity contribution in [1.82, 2.24) is 24.3 Å². The molecule has 0 bridgehead atoms. The standard InChI is InChI=1S/C22H27N7O/c1-5-28-20-18(26-22(28)27(4)12-14(2)23)11-24-29(21(20)30)13-19-17-9-7-6-8-16(17)10-15(3)25-19/h6-11,14H,5,12-13,23H2,1-4H3. The van der Waals surface area contributed by atoms with Gasteiger partial charge < -0.3 is 15.2 Å². The maximum Gasteiger partial charge on any atom is 0.293 e. The van der Waals surface area contributed by atoms with E-state index in [1.54, 1.807) is 6.20 Å². The van der Waals surface area contributed by atoms with Crippen molar-refractivity contribution < 1.29 is 0 Å². The molecule has 8 nitrogen and oxygen atoms in total. The van der Waals surface area contributed by atoms with Crippen molar-refractivity contribution in [3.05, 3.63) is 58.3 Å². The van der Waals surface area contributed by atoms with E-state index in [1.165, 1.54) is 4.68 Å². The van der Waals surface area contributed by atoms with Crippen molar-refractivity contribution in [2.45, 2.75) is 39.9 Å². The van der Waals surface area contributed by atoms with Crippen LogP contribution in [0.5, 0.6) is 0 Å². The molecule has 3 aromatic heterocycles. The molecule has 4 rings (SSSR count). The van der Waals surface area contributed by atoms with Crippen molar-refractivity contribution in [2.24, 2.45) is 5.73 Å². The number of rotatable bonds is 6. The first-order valence-corrected chi connectivity index (χ1v) is 10.2. The number of nitrogens with two attached hydrogens (primary N) is 1. The average molecular weight is 406 g/mol. The molecule has 8 heteroatoms. The first-order valence-electron chi connectivity index (χ1n) is 10.2. The fourth-order valence-electron chi connectivity index (χ4n) is 3.97. The highest BCUT2D eigenvalue weighted by atomic mass is 16.1. The molecule has 4 aromatic rings. The second-order valence-electron chi connectivity index (χ2n) is 7.79. The summed E-state index contributed by atoms with van der Waals surface area (Å²) in [6, 6.07) is 10.1. The fourth-order valence-corrected chi connectivity index (χ4v) is 3.97. The molecular weight excluding hydrogens is 378 g/mol. The lowest BCUT2D eigenvalue weighted by Crippen LogP contribution is -2.34. The van der Waals surface area contributed by atoms with Gasteiger partial charge in [-0.3, -0.25) is 9.78 Å². The highest BCUT2D eigenvalue weighted by Gasteiger charge is 2.19. The molecule has 30 heavy (non-hydrogen) atoms. The zero-order chi connectivity index (χ0) is 21.4. The number of hydrogen-bond donors (Lipinski definition) is 1. The molecule has 0 saturated heterocycles. The Bertz CT molecular complexity index is 1270. The van der Waals surface area contributed by atoms with Crippen LogP contribution in [0.2, 0.25) is 0 Å². The Hall–Kier alpha value is -3.26. The van der Waals surface area contributed by atoms with Crippen LogP contribution in [0.3, 0.4) is 0 Å². The molecule has 0 saturated carbocycles. The van der Waals surface area contributed by atoms with E-state index in [0.29, 0.717) is 30.7 Å². The second kappa shape index (κ2) is 7.87. The average Bonchev–Trinajstić information content (AvgIpc) is 3.09. The first kappa shape index (κ1) is 20.0. The summed E-state index contributed by atoms with van der Waals surface area (Å²) in [4.78, 5) is 24.7. The molecule has 0 aliphatic heterocycles. The molecule has 0 aliphatic rings. The predicted molar refractivity (Wildman–Crippen MR) is 120 cm³/mol. The van der Waals surface area contributed by atoms with E-state index >= 15 is 0 Å². The van der Waals surface area contributed by atoms with Crippen LogP contribution in [0, 0.1) is 6.92 Å². The second-order valence-corrected chi connectivity index (χ2v) is 7.79. The number of benzene rings is 1. The predicted octanol–water partition coefficient (Wildman–Crippen LogP) is 2.30. The Labute approximate surface area is 175 Å². The van der Waals surface area contributed by atoms with Gasteiger partial charge in [-0.15, -0.1) is 0 Å². The molecule has 0 spiro atoms. The van der Waals surface area contributed by atoms with Crippen LogP contribution in [0.15, 0.2) is 41.3 Å². The Morgan fingerprint density at radius 1 is 1.23 bits per heavy atom. The minimum Gasteiger partial charge on any atom is -0.344 e. The summed E-state index contributed by atoms with van der Waals surface area (Å²) in [6.45, 7) is 7.48. The lowest BCUT2D eigenvalue weighted by molar-refractivity contribution is 0.630. The normalized spacial score (nSPS) is 12.6. The molecule has 0 fully saturated rings. The lowest BCUT2D eigenvalue weighted by atomic mass is 10.1. The third-order valence-corrected chi connectivity index (χ3v) is 5.20. The van der Waals surface area contributed by atoms with E-state index in [-0.39, 0.29) is 11.6 Å². The Kier molecular flexibility index (Phi) is 5.26. The van der Waals surface area contributed by atoms with Crippen LogP contribution in [-0.4, -0.2) is 43.9 Å². The van der Waals surface area contributed by atoms with E-state index in [2.05, 4.69) is 21.1 Å². The topological polar surface area (TPSA) is 94.9 Å². The first-order chi connectivity index (χ1) is 14.4. The summed E-state index contributed by atoms with van der Waals surface area (Å²) >= 11 is 0. The number of hydrogen-bond acceptors (Lipinski definition) is 6. The van der Waals surface area contributed by atoms with Crippen molar-refractivity contribution in [3.8, 4) is 0 Å². The molecule has 1 atom stereocenters. The van der Waals surface area contributed by atoms with Gasteiger partial charge in [-0.1, -0.05) is 24.3 Å². The summed E-state index contributed by atoms with van der Waals surface area (Å²) in [7, 11) is 1.94. The Morgan fingerprint density at radius 2 is 2.00 bits per heavy atom. The van der Waals surface area contributed by atoms with E-state index in [9.17, 15) is 4.79 Å². The highest BCUT2D eigenvalue weighted by Crippen LogP contribution is 2.21. The van der Waals surface area contributed by atoms with Gasteiger partial charge in [0.1, 0.15) is 11.0 Å². The lowest BCUT2D eigenvalue weighted by Gasteiger charge is -2.21. The van der Waals surface area contributed by atoms with Gasteiger partial charge in [-0.25, -0.2) is 9.67 Å². The Morgan fingerprint density at radius 3 is 2.73 bits per heavy atom. The summed E-state index contributed by atoms with van der Waals surface area (Å²) in [6.07, 6.45) is 1.66. The van der Waals surface area contributed by atoms with E-state index in [0.717, 1.165) is 28.1 Å². The van der Waals surface area contributed by atoms with Gasteiger partial charge in [0.25, 0.3) is 5.56 Å². The molecule has 1 unspecified atom stereocenters. The molecule has 0 radical (unpaired) electrons. The molecule has 156 valence electrons. The molecule has 2 N–H and O–H groups in total. The number of imidazole rings is 1. The van der Waals surface area contributed by atoms with Gasteiger partial charge >= 0.3 is 0 Å². The van der Waals surface area contributed by atoms with Gasteiger partial charge in [-0.05, 0) is 32.2 Å². The van der Waals surface area contributed by atoms with E-state index in [1.807, 2.05) is 61.6 Å². The smallest absolute Gasteiger partial charge is 0.293 e. The van der Waals surface area contributed by atoms with Crippen molar-refractivity contribution in [3.63, 3.8) is 0 Å². The number of aryl methyl sites for hydroxylation is 2. The van der Waals surface area contributed by atoms with Gasteiger partial charge in [0.05, 0.1) is 18.4 Å².